The summed E-state index contributed by atoms with van der Waals surface area (Å²) in [6.45, 7) is 5.03. The Kier molecular flexibility index (Phi) is 22.1. The van der Waals surface area contributed by atoms with Crippen LogP contribution in [-0.4, -0.2) is 61.8 Å². The zero-order chi connectivity index (χ0) is 55.1. The molecule has 71 heavy (non-hydrogen) atoms. The van der Waals surface area contributed by atoms with Crippen molar-refractivity contribution in [2.24, 2.45) is 10.8 Å². The van der Waals surface area contributed by atoms with Gasteiger partial charge in [0.2, 0.25) is 0 Å². The molecule has 0 saturated carbocycles. The van der Waals surface area contributed by atoms with E-state index in [-0.39, 0.29) is 48.8 Å². The van der Waals surface area contributed by atoms with E-state index in [0.717, 1.165) is 16.7 Å². The molecule has 0 bridgehead atoms. The number of nitrogens with one attached hydrogen (secondary N) is 2. The molecule has 6 aromatic carbocycles. The van der Waals surface area contributed by atoms with Crippen LogP contribution in [0.4, 0.5) is 31.5 Å². The third-order valence-corrected chi connectivity index (χ3v) is 10.6. The van der Waals surface area contributed by atoms with Crippen LogP contribution >= 0.6 is 15.9 Å². The van der Waals surface area contributed by atoms with Gasteiger partial charge in [-0.05, 0) is 71.9 Å². The number of nitrogens with two attached hydrogens (primary N) is 1. The van der Waals surface area contributed by atoms with Crippen molar-refractivity contribution in [3.63, 3.8) is 0 Å². The molecule has 10 nitrogen and oxygen atoms in total. The number of aliphatic hydroxyl groups is 2. The Morgan fingerprint density at radius 3 is 1.46 bits per heavy atom. The van der Waals surface area contributed by atoms with Gasteiger partial charge in [-0.25, -0.2) is 8.78 Å². The number of aliphatic hydroxyl groups excluding tert-OH is 2. The molecule has 13 heteroatoms. The van der Waals surface area contributed by atoms with Crippen LogP contribution in [0.1, 0.15) is 61.0 Å². The van der Waals surface area contributed by atoms with Crippen molar-refractivity contribution < 1.29 is 49.2 Å². The SMILES string of the molecule is C#CC(C)(C)COCc1ccccc1.[2H]C([2H])(OCc1ccccc1)C(O)CNc1cc(F)c(N)cc1C#CC(C)(C)COCc1ccccc1.[2H]C([2H])(OCc1ccccc1)C(O)CNc1cc(F)c([NH3+])cc1Br. The third-order valence-electron chi connectivity index (χ3n) is 9.92. The van der Waals surface area contributed by atoms with E-state index in [9.17, 15) is 19.0 Å². The van der Waals surface area contributed by atoms with E-state index in [2.05, 4.69) is 50.1 Å². The fraction of sp³-hybridized carbons (Fsp3) is 0.310. The molecular weight excluding hydrogens is 967 g/mol. The predicted octanol–water partition coefficient (Wildman–Crippen LogP) is 10.3. The van der Waals surface area contributed by atoms with Crippen LogP contribution in [0, 0.1) is 46.6 Å². The maximum Gasteiger partial charge on any atom is 0.185 e. The molecule has 0 aliphatic carbocycles. The van der Waals surface area contributed by atoms with Crippen molar-refractivity contribution in [1.82, 2.24) is 0 Å². The maximum atomic E-state index is 14.2. The monoisotopic (exact) mass is 1040 g/mol. The largest absolute Gasteiger partial charge is 0.396 e. The first-order valence-electron chi connectivity index (χ1n) is 24.8. The van der Waals surface area contributed by atoms with Gasteiger partial charge in [-0.15, -0.1) is 6.42 Å². The average Bonchev–Trinajstić information content (AvgIpc) is 3.39. The fourth-order valence-corrected chi connectivity index (χ4v) is 6.49. The number of hydrogen-bond acceptors (Lipinski definition) is 9. The van der Waals surface area contributed by atoms with E-state index >= 15 is 0 Å². The molecule has 0 spiro atoms. The Bertz CT molecular complexity index is 2770. The highest BCUT2D eigenvalue weighted by molar-refractivity contribution is 9.10. The van der Waals surface area contributed by atoms with Gasteiger partial charge < -0.3 is 51.3 Å². The second kappa shape index (κ2) is 30.6. The van der Waals surface area contributed by atoms with E-state index in [0.29, 0.717) is 42.2 Å². The van der Waals surface area contributed by atoms with Crippen molar-refractivity contribution in [3.05, 3.63) is 190 Å². The van der Waals surface area contributed by atoms with Crippen molar-refractivity contribution in [3.8, 4) is 24.2 Å². The number of anilines is 3. The van der Waals surface area contributed by atoms with Crippen molar-refractivity contribution in [2.75, 3.05) is 55.8 Å². The van der Waals surface area contributed by atoms with E-state index in [1.54, 1.807) is 24.3 Å². The topological polar surface area (TPSA) is 155 Å². The Morgan fingerprint density at radius 2 is 1.03 bits per heavy atom. The highest BCUT2D eigenvalue weighted by Crippen LogP contribution is 2.27. The van der Waals surface area contributed by atoms with Gasteiger partial charge in [-0.2, -0.15) is 0 Å². The summed E-state index contributed by atoms with van der Waals surface area (Å²) in [5.41, 5.74) is 13.8. The van der Waals surface area contributed by atoms with Crippen LogP contribution < -0.4 is 22.1 Å². The molecule has 6 aromatic rings. The van der Waals surface area contributed by atoms with Gasteiger partial charge in [0, 0.05) is 52.2 Å². The first-order chi connectivity index (χ1) is 35.5. The number of quaternary nitrogens is 1. The van der Waals surface area contributed by atoms with Gasteiger partial charge in [-0.3, -0.25) is 0 Å². The number of halogens is 3. The Hall–Kier alpha value is -6.10. The Morgan fingerprint density at radius 1 is 0.634 bits per heavy atom. The summed E-state index contributed by atoms with van der Waals surface area (Å²) in [5, 5.41) is 26.2. The highest BCUT2D eigenvalue weighted by atomic mass is 79.9. The molecule has 0 saturated heterocycles. The average molecular weight is 1040 g/mol. The van der Waals surface area contributed by atoms with Gasteiger partial charge in [0.05, 0.1) is 87.5 Å². The van der Waals surface area contributed by atoms with Gasteiger partial charge >= 0.3 is 0 Å². The number of ether oxygens (including phenoxy) is 4. The number of terminal acetylenes is 1. The van der Waals surface area contributed by atoms with Gasteiger partial charge in [0.1, 0.15) is 5.82 Å². The van der Waals surface area contributed by atoms with E-state index in [4.69, 9.17) is 36.6 Å². The smallest absolute Gasteiger partial charge is 0.185 e. The molecular formula is C58H68BrF2N4O6+. The molecule has 0 fully saturated rings. The second-order valence-corrected chi connectivity index (χ2v) is 18.4. The minimum Gasteiger partial charge on any atom is -0.396 e. The number of hydrogen-bond donors (Lipinski definition) is 6. The van der Waals surface area contributed by atoms with Crippen molar-refractivity contribution in [2.45, 2.75) is 66.3 Å². The molecule has 6 rings (SSSR count). The van der Waals surface area contributed by atoms with Gasteiger partial charge in [0.15, 0.2) is 11.5 Å². The van der Waals surface area contributed by atoms with E-state index in [1.165, 1.54) is 29.8 Å². The molecule has 0 aromatic heterocycles. The lowest BCUT2D eigenvalue weighted by Crippen LogP contribution is -2.41. The lowest BCUT2D eigenvalue weighted by Gasteiger charge is -2.18. The zero-order valence-corrected chi connectivity index (χ0v) is 42.3. The summed E-state index contributed by atoms with van der Waals surface area (Å²) in [6, 6.07) is 43.5. The third kappa shape index (κ3) is 23.1. The second-order valence-electron chi connectivity index (χ2n) is 17.5. The summed E-state index contributed by atoms with van der Waals surface area (Å²) < 4.78 is 82.0. The van der Waals surface area contributed by atoms with E-state index < -0.39 is 42.4 Å². The van der Waals surface area contributed by atoms with Crippen LogP contribution in [0.5, 0.6) is 0 Å². The first kappa shape index (κ1) is 51.3. The first-order valence-corrected chi connectivity index (χ1v) is 23.6. The summed E-state index contributed by atoms with van der Waals surface area (Å²) in [7, 11) is 0. The minimum absolute atomic E-state index is 0.000446. The van der Waals surface area contributed by atoms with Gasteiger partial charge in [-0.1, -0.05) is 139 Å². The highest BCUT2D eigenvalue weighted by Gasteiger charge is 2.17. The summed E-state index contributed by atoms with van der Waals surface area (Å²) in [6.07, 6.45) is 2.39. The molecule has 9 N–H and O–H groups in total. The summed E-state index contributed by atoms with van der Waals surface area (Å²) in [5.74, 6) is 7.76. The van der Waals surface area contributed by atoms with Crippen LogP contribution in [-0.2, 0) is 45.4 Å². The number of rotatable bonds is 22. The molecule has 0 radical (unpaired) electrons. The molecule has 2 unspecified atom stereocenters. The Balaban J connectivity index is 0.000000272. The molecule has 376 valence electrons. The predicted molar refractivity (Wildman–Crippen MR) is 284 cm³/mol. The van der Waals surface area contributed by atoms with Crippen LogP contribution in [0.15, 0.2) is 150 Å². The lowest BCUT2D eigenvalue weighted by molar-refractivity contribution is -0.258. The minimum atomic E-state index is -2.33. The quantitative estimate of drug-likeness (QED) is 0.0288. The van der Waals surface area contributed by atoms with Crippen molar-refractivity contribution >= 4 is 38.7 Å². The molecule has 0 aliphatic heterocycles. The maximum absolute atomic E-state index is 14.2. The standard InChI is InChI=1S/C29H33FN2O3.C16H18BrFN2O2.C13H16O/c1-29(2,21-35-19-23-11-7-4-8-12-23)14-13-24-15-27(31)26(30)16-28(24)32-17-25(33)20-34-18-22-9-5-3-6-10-22;17-13-6-15(19)14(18)7-16(13)20-8-12(21)10-22-9-11-4-2-1-3-5-11;1-4-13(2,3)11-14-10-12-8-6-5-7-9-12/h3-12,15-16,25,32-33H,17-21,31H2,1-2H3;1-7,12,20-21H,8-10,19H2;1,5-9H,10-11H2,2-3H3/p+1/i20D2;10D2;. The molecule has 0 amide bonds. The van der Waals surface area contributed by atoms with Crippen LogP contribution in [0.2, 0.25) is 0 Å². The van der Waals surface area contributed by atoms with Crippen LogP contribution in [0.25, 0.3) is 0 Å². The molecule has 2 atom stereocenters. The fourth-order valence-electron chi connectivity index (χ4n) is 5.96. The lowest BCUT2D eigenvalue weighted by atomic mass is 9.95. The molecule has 0 heterocycles. The number of nitrogen functional groups attached to an aromatic ring is 1. The van der Waals surface area contributed by atoms with Crippen molar-refractivity contribution in [1.29, 1.82) is 0 Å². The number of benzene rings is 6. The van der Waals surface area contributed by atoms with Crippen LogP contribution in [0.3, 0.4) is 0 Å². The normalized spacial score (nSPS) is 13.1. The zero-order valence-electron chi connectivity index (χ0n) is 44.7. The summed E-state index contributed by atoms with van der Waals surface area (Å²) in [4.78, 5) is 0. The van der Waals surface area contributed by atoms with E-state index in [1.807, 2.05) is 125 Å². The molecule has 0 aliphatic rings. The van der Waals surface area contributed by atoms with Gasteiger partial charge in [0.25, 0.3) is 0 Å². The summed E-state index contributed by atoms with van der Waals surface area (Å²) >= 11 is 3.27. The Labute approximate surface area is 432 Å².